The highest BCUT2D eigenvalue weighted by Crippen LogP contribution is 2.35. The van der Waals surface area contributed by atoms with Crippen molar-refractivity contribution >= 4 is 11.8 Å². The van der Waals surface area contributed by atoms with E-state index in [2.05, 4.69) is 24.5 Å². The summed E-state index contributed by atoms with van der Waals surface area (Å²) in [6.45, 7) is 1.60. The molecule has 0 aromatic heterocycles. The van der Waals surface area contributed by atoms with Crippen molar-refractivity contribution < 1.29 is 114 Å². The van der Waals surface area contributed by atoms with E-state index in [1.165, 1.54) is 103 Å². The van der Waals surface area contributed by atoms with Gasteiger partial charge in [0.15, 0.2) is 25.2 Å². The maximum atomic E-state index is 13.3. The van der Waals surface area contributed by atoms with Crippen LogP contribution in [0.1, 0.15) is 188 Å². The summed E-state index contributed by atoms with van der Waals surface area (Å²) >= 11 is 0. The molecule has 0 bridgehead atoms. The minimum Gasteiger partial charge on any atom is -0.394 e. The molecule has 25 nitrogen and oxygen atoms in total. The van der Waals surface area contributed by atoms with Crippen LogP contribution in [-0.4, -0.2) is 246 Å². The number of carbonyl (C=O) groups is 2. The number of aliphatic hydroxyl groups excluding tert-OH is 13. The molecular weight excluding hydrogens is 1120 g/mol. The minimum atomic E-state index is -2.09. The number of carbonyl (C=O) groups excluding carboxylic acids is 2. The Kier molecular flexibility index (Phi) is 37.2. The molecule has 0 aromatic carbocycles. The maximum absolute atomic E-state index is 13.3. The van der Waals surface area contributed by atoms with Crippen molar-refractivity contribution in [2.24, 2.45) is 0 Å². The lowest BCUT2D eigenvalue weighted by atomic mass is 9.95. The molecule has 4 aliphatic rings. The predicted octanol–water partition coefficient (Wildman–Crippen LogP) is 1.00. The smallest absolute Gasteiger partial charge is 0.220 e. The Hall–Kier alpha value is -2.16. The van der Waals surface area contributed by atoms with Crippen LogP contribution in [0.4, 0.5) is 0 Å². The third kappa shape index (κ3) is 24.9. The second-order valence-corrected chi connectivity index (χ2v) is 23.6. The van der Waals surface area contributed by atoms with Gasteiger partial charge in [0, 0.05) is 13.3 Å². The van der Waals surface area contributed by atoms with Gasteiger partial charge >= 0.3 is 0 Å². The van der Waals surface area contributed by atoms with Gasteiger partial charge in [-0.15, -0.1) is 0 Å². The molecule has 498 valence electrons. The van der Waals surface area contributed by atoms with Crippen molar-refractivity contribution in [3.8, 4) is 0 Å². The molecule has 22 atom stereocenters. The van der Waals surface area contributed by atoms with Crippen molar-refractivity contribution in [1.29, 1.82) is 0 Å². The SMILES string of the molecule is CCCCCCCCCCCCC/C=C/[C@@H](O)[C@H](CO[C@@H]1OC(CO)[C@@H](O[C@@H]2OC(CO)[C@H](O[C@@H]3OC(CO)[C@H](O)[C@H](O[C@@H]4OC(CO)[C@@H](O)[C@H](O)C4NC(C)=O)C3O)[C@H](O)C2O)[C@H](O)C1O)NC(=O)CCCCCCCCCCCCCCC. The van der Waals surface area contributed by atoms with Gasteiger partial charge in [0.1, 0.15) is 97.6 Å². The van der Waals surface area contributed by atoms with Gasteiger partial charge in [-0.25, -0.2) is 0 Å². The van der Waals surface area contributed by atoms with E-state index in [0.717, 1.165) is 51.9 Å². The first-order valence-electron chi connectivity index (χ1n) is 31.9. The lowest BCUT2D eigenvalue weighted by Gasteiger charge is -2.49. The van der Waals surface area contributed by atoms with Gasteiger partial charge in [-0.1, -0.05) is 167 Å². The highest BCUT2D eigenvalue weighted by Gasteiger charge is 2.56. The summed E-state index contributed by atoms with van der Waals surface area (Å²) in [6.07, 6.45) is -2.78. The molecule has 0 saturated carbocycles. The van der Waals surface area contributed by atoms with Gasteiger partial charge in [-0.2, -0.15) is 0 Å². The molecule has 0 aromatic rings. The summed E-state index contributed by atoms with van der Waals surface area (Å²) in [5, 5.41) is 147. The van der Waals surface area contributed by atoms with Crippen LogP contribution < -0.4 is 10.6 Å². The van der Waals surface area contributed by atoms with Gasteiger partial charge in [0.05, 0.1) is 45.2 Å². The Balaban J connectivity index is 1.35. The molecule has 0 radical (unpaired) electrons. The molecule has 2 amide bonds. The van der Waals surface area contributed by atoms with E-state index in [4.69, 9.17) is 37.9 Å². The van der Waals surface area contributed by atoms with Gasteiger partial charge in [-0.3, -0.25) is 9.59 Å². The number of amides is 2. The molecular formula is C60H110N2O23. The van der Waals surface area contributed by atoms with Crippen molar-refractivity contribution in [2.45, 2.75) is 323 Å². The summed E-state index contributed by atoms with van der Waals surface area (Å²) in [7, 11) is 0. The zero-order valence-electron chi connectivity index (χ0n) is 50.7. The molecule has 15 N–H and O–H groups in total. The zero-order valence-corrected chi connectivity index (χ0v) is 50.7. The zero-order chi connectivity index (χ0) is 62.3. The molecule has 4 fully saturated rings. The average Bonchev–Trinajstić information content (AvgIpc) is 1.93. The molecule has 0 spiro atoms. The first-order valence-corrected chi connectivity index (χ1v) is 31.9. The van der Waals surface area contributed by atoms with Crippen molar-refractivity contribution in [2.75, 3.05) is 33.0 Å². The fourth-order valence-electron chi connectivity index (χ4n) is 11.4. The number of ether oxygens (including phenoxy) is 8. The number of rotatable bonds is 43. The molecule has 4 heterocycles. The highest BCUT2D eigenvalue weighted by molar-refractivity contribution is 5.76. The van der Waals surface area contributed by atoms with E-state index in [0.29, 0.717) is 12.8 Å². The fraction of sp³-hybridized carbons (Fsp3) is 0.933. The quantitative estimate of drug-likeness (QED) is 0.0299. The molecule has 25 heteroatoms. The van der Waals surface area contributed by atoms with E-state index in [9.17, 15) is 76.0 Å². The predicted molar refractivity (Wildman–Crippen MR) is 308 cm³/mol. The summed E-state index contributed by atoms with van der Waals surface area (Å²) in [5.74, 6) is -1.00. The number of hydrogen-bond donors (Lipinski definition) is 15. The number of allylic oxidation sites excluding steroid dienone is 1. The molecule has 4 rings (SSSR count). The van der Waals surface area contributed by atoms with E-state index in [1.54, 1.807) is 6.08 Å². The first-order chi connectivity index (χ1) is 41.0. The molecule has 8 unspecified atom stereocenters. The van der Waals surface area contributed by atoms with Crippen molar-refractivity contribution in [1.82, 2.24) is 10.6 Å². The maximum Gasteiger partial charge on any atom is 0.220 e. The van der Waals surface area contributed by atoms with E-state index < -0.39 is 174 Å². The van der Waals surface area contributed by atoms with Gasteiger partial charge < -0.3 is 115 Å². The van der Waals surface area contributed by atoms with E-state index in [1.807, 2.05) is 6.08 Å². The lowest BCUT2D eigenvalue weighted by Crippen LogP contribution is -2.69. The Labute approximate surface area is 502 Å². The van der Waals surface area contributed by atoms with Crippen LogP contribution >= 0.6 is 0 Å². The Morgan fingerprint density at radius 2 is 0.859 bits per heavy atom. The fourth-order valence-corrected chi connectivity index (χ4v) is 11.4. The number of hydrogen-bond acceptors (Lipinski definition) is 23. The van der Waals surface area contributed by atoms with Gasteiger partial charge in [0.2, 0.25) is 11.8 Å². The molecule has 0 aliphatic carbocycles. The van der Waals surface area contributed by atoms with Crippen molar-refractivity contribution in [3.63, 3.8) is 0 Å². The van der Waals surface area contributed by atoms with Crippen LogP contribution in [0.3, 0.4) is 0 Å². The Morgan fingerprint density at radius 3 is 1.34 bits per heavy atom. The average molecular weight is 1230 g/mol. The van der Waals surface area contributed by atoms with Crippen LogP contribution in [0.5, 0.6) is 0 Å². The van der Waals surface area contributed by atoms with Gasteiger partial charge in [0.25, 0.3) is 0 Å². The molecule has 4 saturated heterocycles. The molecule has 85 heavy (non-hydrogen) atoms. The van der Waals surface area contributed by atoms with Crippen LogP contribution in [0.25, 0.3) is 0 Å². The van der Waals surface area contributed by atoms with Crippen LogP contribution in [0.2, 0.25) is 0 Å². The first kappa shape index (κ1) is 75.3. The second kappa shape index (κ2) is 42.0. The van der Waals surface area contributed by atoms with Crippen LogP contribution in [0, 0.1) is 0 Å². The number of unbranched alkanes of at least 4 members (excludes halogenated alkanes) is 23. The largest absolute Gasteiger partial charge is 0.394 e. The second-order valence-electron chi connectivity index (χ2n) is 23.6. The standard InChI is InChI=1S/C60H110N2O23/c1-4-6-8-10-12-14-16-18-20-22-24-26-28-30-39(68)38(62-44(69)31-29-27-25-23-21-19-17-15-13-11-9-7-5-2)36-78-58-51(75)49(73)54(42(34-65)81-58)83-59-52(76)50(74)55(43(35-66)82-59)84-60-53(77)56(47(71)41(33-64)80-60)85-57-45(61-37(3)67)48(72)46(70)40(32-63)79-57/h28,30,38-43,45-60,63-66,68,70-77H,4-27,29,31-36H2,1-3H3,(H,61,67)(H,62,69)/b30-28+/t38-,39+,40?,41?,42?,43?,45?,46+,47-,48+,49+,50+,51?,52?,53?,54+,55-,56-,57-,58+,59-,60-/m0/s1. The Morgan fingerprint density at radius 1 is 0.459 bits per heavy atom. The van der Waals surface area contributed by atoms with Gasteiger partial charge in [-0.05, 0) is 19.3 Å². The monoisotopic (exact) mass is 1230 g/mol. The summed E-state index contributed by atoms with van der Waals surface area (Å²) in [4.78, 5) is 25.4. The lowest BCUT2D eigenvalue weighted by molar-refractivity contribution is -0.386. The summed E-state index contributed by atoms with van der Waals surface area (Å²) in [6, 6.07) is -2.53. The summed E-state index contributed by atoms with van der Waals surface area (Å²) < 4.78 is 46.4. The number of aliphatic hydroxyl groups is 13. The Bertz CT molecular complexity index is 1790. The third-order valence-electron chi connectivity index (χ3n) is 16.6. The minimum absolute atomic E-state index is 0.218. The van der Waals surface area contributed by atoms with E-state index >= 15 is 0 Å². The highest BCUT2D eigenvalue weighted by atomic mass is 16.8. The third-order valence-corrected chi connectivity index (χ3v) is 16.6. The van der Waals surface area contributed by atoms with Crippen LogP contribution in [0.15, 0.2) is 12.2 Å². The normalized spacial score (nSPS) is 34.4. The topological polar surface area (TPSA) is 395 Å². The molecule has 4 aliphatic heterocycles. The van der Waals surface area contributed by atoms with Crippen LogP contribution in [-0.2, 0) is 47.5 Å². The number of nitrogens with one attached hydrogen (secondary N) is 2. The van der Waals surface area contributed by atoms with Crippen molar-refractivity contribution in [3.05, 3.63) is 12.2 Å². The summed E-state index contributed by atoms with van der Waals surface area (Å²) in [5.41, 5.74) is 0. The van der Waals surface area contributed by atoms with E-state index in [-0.39, 0.29) is 12.3 Å².